The van der Waals surface area contributed by atoms with Gasteiger partial charge in [0.2, 0.25) is 16.0 Å². The molecule has 0 bridgehead atoms. The van der Waals surface area contributed by atoms with Crippen LogP contribution in [0, 0.1) is 6.92 Å². The first-order chi connectivity index (χ1) is 18.8. The van der Waals surface area contributed by atoms with E-state index in [4.69, 9.17) is 26.3 Å². The van der Waals surface area contributed by atoms with Crippen molar-refractivity contribution in [1.82, 2.24) is 33.6 Å². The lowest BCUT2D eigenvalue weighted by molar-refractivity contribution is 0.122. The predicted octanol–water partition coefficient (Wildman–Crippen LogP) is 3.41. The topological polar surface area (TPSA) is 111 Å². The van der Waals surface area contributed by atoms with Crippen molar-refractivity contribution in [2.75, 3.05) is 49.5 Å². The number of benzene rings is 1. The minimum atomic E-state index is -3.51. The number of sulfonamides is 1. The van der Waals surface area contributed by atoms with Gasteiger partial charge in [-0.05, 0) is 31.4 Å². The van der Waals surface area contributed by atoms with Gasteiger partial charge in [0.05, 0.1) is 41.9 Å². The molecule has 0 amide bonds. The number of para-hydroxylation sites is 1. The van der Waals surface area contributed by atoms with Crippen molar-refractivity contribution in [3.63, 3.8) is 0 Å². The standard InChI is InChI=1S/C24H27ClF2N8O3S/c1-15-3-2-4-18-19(15)29-23(20(26)27)34(18)24-30-21(32-9-11-38-12-10-32)17-13-28-35(22(17)31-24)16-5-7-33(8-6-16)39(36,37)14-25/h2-4,13,16,20H,5-12,14H2,1H3. The van der Waals surface area contributed by atoms with Crippen molar-refractivity contribution in [1.29, 1.82) is 0 Å². The lowest BCUT2D eigenvalue weighted by Crippen LogP contribution is -2.39. The summed E-state index contributed by atoms with van der Waals surface area (Å²) >= 11 is 5.65. The van der Waals surface area contributed by atoms with Crippen LogP contribution in [0.2, 0.25) is 0 Å². The molecule has 1 aromatic carbocycles. The summed E-state index contributed by atoms with van der Waals surface area (Å²) in [4.78, 5) is 15.9. The number of morpholine rings is 1. The zero-order valence-corrected chi connectivity index (χ0v) is 22.7. The number of piperidine rings is 1. The van der Waals surface area contributed by atoms with Gasteiger partial charge in [-0.15, -0.1) is 11.6 Å². The number of anilines is 1. The highest BCUT2D eigenvalue weighted by molar-refractivity contribution is 7.90. The largest absolute Gasteiger partial charge is 0.378 e. The normalized spacial score (nSPS) is 18.1. The molecule has 2 saturated heterocycles. The van der Waals surface area contributed by atoms with Crippen LogP contribution >= 0.6 is 11.6 Å². The third-order valence-electron chi connectivity index (χ3n) is 7.34. The summed E-state index contributed by atoms with van der Waals surface area (Å²) in [6.07, 6.45) is -0.139. The number of imidazole rings is 1. The van der Waals surface area contributed by atoms with E-state index in [1.165, 1.54) is 8.87 Å². The monoisotopic (exact) mass is 580 g/mol. The van der Waals surface area contributed by atoms with E-state index in [0.29, 0.717) is 80.1 Å². The molecule has 0 aliphatic carbocycles. The van der Waals surface area contributed by atoms with Crippen molar-refractivity contribution >= 4 is 49.5 Å². The van der Waals surface area contributed by atoms with Gasteiger partial charge in [0.1, 0.15) is 11.0 Å². The molecule has 2 aliphatic rings. The fourth-order valence-corrected chi connectivity index (χ4v) is 6.65. The van der Waals surface area contributed by atoms with Crippen molar-refractivity contribution in [3.05, 3.63) is 35.8 Å². The van der Waals surface area contributed by atoms with Gasteiger partial charge >= 0.3 is 0 Å². The molecule has 2 fully saturated rings. The summed E-state index contributed by atoms with van der Waals surface area (Å²) in [5.74, 6) is 0.231. The molecule has 0 radical (unpaired) electrons. The Labute approximate surface area is 228 Å². The molecule has 2 aliphatic heterocycles. The molecule has 15 heteroatoms. The third-order valence-corrected chi connectivity index (χ3v) is 9.60. The smallest absolute Gasteiger partial charge is 0.296 e. The first-order valence-electron chi connectivity index (χ1n) is 12.7. The molecule has 0 unspecified atom stereocenters. The molecule has 5 heterocycles. The average Bonchev–Trinajstić information content (AvgIpc) is 3.56. The highest BCUT2D eigenvalue weighted by Crippen LogP contribution is 2.34. The number of hydrogen-bond acceptors (Lipinski definition) is 8. The number of aromatic nitrogens is 6. The van der Waals surface area contributed by atoms with Gasteiger partial charge in [-0.2, -0.15) is 15.1 Å². The van der Waals surface area contributed by atoms with Crippen LogP contribution < -0.4 is 4.90 Å². The molecule has 0 saturated carbocycles. The van der Waals surface area contributed by atoms with E-state index in [9.17, 15) is 17.2 Å². The second-order valence-corrected chi connectivity index (χ2v) is 12.2. The van der Waals surface area contributed by atoms with Crippen molar-refractivity contribution < 1.29 is 21.9 Å². The van der Waals surface area contributed by atoms with Crippen molar-refractivity contribution in [2.24, 2.45) is 0 Å². The maximum Gasteiger partial charge on any atom is 0.296 e. The summed E-state index contributed by atoms with van der Waals surface area (Å²) in [6, 6.07) is 5.21. The van der Waals surface area contributed by atoms with Gasteiger partial charge in [-0.1, -0.05) is 12.1 Å². The fourth-order valence-electron chi connectivity index (χ4n) is 5.33. The molecule has 0 spiro atoms. The van der Waals surface area contributed by atoms with Crippen LogP contribution in [-0.4, -0.2) is 86.6 Å². The Morgan fingerprint density at radius 1 is 1.10 bits per heavy atom. The predicted molar refractivity (Wildman–Crippen MR) is 142 cm³/mol. The zero-order valence-electron chi connectivity index (χ0n) is 21.2. The summed E-state index contributed by atoms with van der Waals surface area (Å²) in [6.45, 7) is 4.61. The molecular weight excluding hydrogens is 554 g/mol. The van der Waals surface area contributed by atoms with Crippen LogP contribution in [0.1, 0.15) is 36.7 Å². The Morgan fingerprint density at radius 2 is 1.85 bits per heavy atom. The third kappa shape index (κ3) is 4.62. The first-order valence-corrected chi connectivity index (χ1v) is 14.8. The SMILES string of the molecule is Cc1cccc2c1nc(C(F)F)n2-c1nc(N2CCOCC2)c2cnn(C3CCN(S(=O)(=O)CCl)CC3)c2n1. The van der Waals surface area contributed by atoms with Crippen LogP contribution in [0.3, 0.4) is 0 Å². The molecular formula is C24H27ClF2N8O3S. The van der Waals surface area contributed by atoms with Gasteiger partial charge in [0, 0.05) is 26.2 Å². The molecule has 3 aromatic heterocycles. The van der Waals surface area contributed by atoms with Crippen molar-refractivity contribution in [2.45, 2.75) is 32.2 Å². The molecule has 6 rings (SSSR count). The van der Waals surface area contributed by atoms with Crippen LogP contribution in [-0.2, 0) is 14.8 Å². The van der Waals surface area contributed by atoms with Crippen LogP contribution in [0.5, 0.6) is 0 Å². The maximum absolute atomic E-state index is 14.3. The molecule has 208 valence electrons. The fraction of sp³-hybridized carbons (Fsp3) is 0.500. The number of fused-ring (bicyclic) bond motifs is 2. The Morgan fingerprint density at radius 3 is 2.54 bits per heavy atom. The summed E-state index contributed by atoms with van der Waals surface area (Å²) in [5, 5.41) is 4.85. The maximum atomic E-state index is 14.3. The Hall–Kier alpha value is -2.94. The number of nitrogens with zero attached hydrogens (tertiary/aromatic N) is 8. The zero-order chi connectivity index (χ0) is 27.3. The Bertz CT molecular complexity index is 1630. The van der Waals surface area contributed by atoms with Gasteiger partial charge in [-0.25, -0.2) is 31.2 Å². The average molecular weight is 581 g/mol. The highest BCUT2D eigenvalue weighted by atomic mass is 35.5. The van der Waals surface area contributed by atoms with E-state index in [-0.39, 0.29) is 12.0 Å². The molecule has 0 N–H and O–H groups in total. The van der Waals surface area contributed by atoms with Crippen LogP contribution in [0.4, 0.5) is 14.6 Å². The first kappa shape index (κ1) is 26.3. The van der Waals surface area contributed by atoms with Crippen molar-refractivity contribution in [3.8, 4) is 5.95 Å². The quantitative estimate of drug-likeness (QED) is 0.319. The van der Waals surface area contributed by atoms with E-state index in [2.05, 4.69) is 10.1 Å². The van der Waals surface area contributed by atoms with Crippen LogP contribution in [0.25, 0.3) is 28.0 Å². The second-order valence-electron chi connectivity index (χ2n) is 9.67. The van der Waals surface area contributed by atoms with E-state index in [1.807, 2.05) is 17.9 Å². The Kier molecular flexibility index (Phi) is 6.90. The van der Waals surface area contributed by atoms with E-state index < -0.39 is 27.5 Å². The van der Waals surface area contributed by atoms with E-state index >= 15 is 0 Å². The molecule has 0 atom stereocenters. The lowest BCUT2D eigenvalue weighted by atomic mass is 10.1. The number of ether oxygens (including phenoxy) is 1. The summed E-state index contributed by atoms with van der Waals surface area (Å²) < 4.78 is 63.0. The molecule has 4 aromatic rings. The minimum Gasteiger partial charge on any atom is -0.378 e. The van der Waals surface area contributed by atoms with E-state index in [1.54, 1.807) is 23.0 Å². The molecule has 39 heavy (non-hydrogen) atoms. The number of aryl methyl sites for hydroxylation is 1. The number of rotatable bonds is 6. The number of alkyl halides is 3. The van der Waals surface area contributed by atoms with Gasteiger partial charge in [-0.3, -0.25) is 4.57 Å². The Balaban J connectivity index is 1.50. The number of halogens is 3. The van der Waals surface area contributed by atoms with Gasteiger partial charge in [0.25, 0.3) is 6.43 Å². The van der Waals surface area contributed by atoms with Crippen LogP contribution in [0.15, 0.2) is 24.4 Å². The lowest BCUT2D eigenvalue weighted by Gasteiger charge is -2.31. The highest BCUT2D eigenvalue weighted by Gasteiger charge is 2.31. The van der Waals surface area contributed by atoms with E-state index in [0.717, 1.165) is 5.56 Å². The molecule has 11 nitrogen and oxygen atoms in total. The minimum absolute atomic E-state index is 0.0799. The van der Waals surface area contributed by atoms with Gasteiger partial charge in [0.15, 0.2) is 11.5 Å². The summed E-state index contributed by atoms with van der Waals surface area (Å²) in [5.41, 5.74) is 2.22. The second kappa shape index (κ2) is 10.2. The van der Waals surface area contributed by atoms with Gasteiger partial charge < -0.3 is 9.64 Å². The number of hydrogen-bond donors (Lipinski definition) is 0. The summed E-state index contributed by atoms with van der Waals surface area (Å²) in [7, 11) is -3.51.